The molecule has 0 bridgehead atoms. The van der Waals surface area contributed by atoms with Crippen molar-refractivity contribution in [1.29, 1.82) is 0 Å². The summed E-state index contributed by atoms with van der Waals surface area (Å²) >= 11 is 4.04. The molecule has 0 aliphatic carbocycles. The smallest absolute Gasteiger partial charge is 0.353 e. The SMILES string of the molecule is NCCCNC(=O)C(N)(CS)N[P+](=O)[C@H]1CCCNC1=O. The van der Waals surface area contributed by atoms with Crippen molar-refractivity contribution < 1.29 is 14.2 Å². The summed E-state index contributed by atoms with van der Waals surface area (Å²) in [5, 5.41) is 7.84. The molecule has 1 fully saturated rings. The molecule has 3 atom stereocenters. The zero-order valence-corrected chi connectivity index (χ0v) is 13.6. The molecule has 0 radical (unpaired) electrons. The molecule has 1 rings (SSSR count). The van der Waals surface area contributed by atoms with Gasteiger partial charge in [-0.25, -0.2) is 0 Å². The lowest BCUT2D eigenvalue weighted by Gasteiger charge is -2.24. The topological polar surface area (TPSA) is 139 Å². The van der Waals surface area contributed by atoms with Gasteiger partial charge in [0, 0.05) is 25.3 Å². The van der Waals surface area contributed by atoms with E-state index in [9.17, 15) is 14.2 Å². The maximum Gasteiger partial charge on any atom is 0.447 e. The minimum atomic E-state index is -2.15. The van der Waals surface area contributed by atoms with Gasteiger partial charge in [-0.15, -0.1) is 0 Å². The largest absolute Gasteiger partial charge is 0.447 e. The lowest BCUT2D eigenvalue weighted by atomic mass is 10.1. The number of piperidine rings is 1. The maximum atomic E-state index is 12.3. The van der Waals surface area contributed by atoms with Crippen LogP contribution in [0.15, 0.2) is 0 Å². The van der Waals surface area contributed by atoms with E-state index in [1.165, 1.54) is 0 Å². The zero-order chi connectivity index (χ0) is 15.9. The van der Waals surface area contributed by atoms with E-state index in [2.05, 4.69) is 28.3 Å². The van der Waals surface area contributed by atoms with Gasteiger partial charge >= 0.3 is 7.95 Å². The fraction of sp³-hybridized carbons (Fsp3) is 0.818. The minimum absolute atomic E-state index is 0.0448. The van der Waals surface area contributed by atoms with E-state index in [-0.39, 0.29) is 11.7 Å². The molecule has 7 N–H and O–H groups in total. The Balaban J connectivity index is 2.63. The van der Waals surface area contributed by atoms with Crippen molar-refractivity contribution >= 4 is 32.4 Å². The third kappa shape index (κ3) is 5.19. The molecule has 21 heavy (non-hydrogen) atoms. The fourth-order valence-corrected chi connectivity index (χ4v) is 3.67. The van der Waals surface area contributed by atoms with E-state index < -0.39 is 25.2 Å². The molecule has 0 aromatic rings. The first-order valence-electron chi connectivity index (χ1n) is 6.84. The molecule has 0 aromatic heterocycles. The monoisotopic (exact) mass is 336 g/mol. The third-order valence-electron chi connectivity index (χ3n) is 3.17. The van der Waals surface area contributed by atoms with Crippen LogP contribution in [0.3, 0.4) is 0 Å². The fourth-order valence-electron chi connectivity index (χ4n) is 1.87. The van der Waals surface area contributed by atoms with Gasteiger partial charge in [0.1, 0.15) is 0 Å². The molecule has 1 heterocycles. The second-order valence-electron chi connectivity index (χ2n) is 4.91. The van der Waals surface area contributed by atoms with Crippen LogP contribution in [0.25, 0.3) is 0 Å². The van der Waals surface area contributed by atoms with Crippen molar-refractivity contribution in [2.24, 2.45) is 11.5 Å². The van der Waals surface area contributed by atoms with E-state index in [1.807, 2.05) is 0 Å². The number of amides is 2. The Morgan fingerprint density at radius 1 is 1.57 bits per heavy atom. The Morgan fingerprint density at radius 3 is 2.86 bits per heavy atom. The van der Waals surface area contributed by atoms with Gasteiger partial charge in [0.15, 0.2) is 5.66 Å². The third-order valence-corrected chi connectivity index (χ3v) is 5.35. The van der Waals surface area contributed by atoms with Crippen LogP contribution in [0.4, 0.5) is 0 Å². The summed E-state index contributed by atoms with van der Waals surface area (Å²) in [5.41, 5.74) is 9.02. The summed E-state index contributed by atoms with van der Waals surface area (Å²) in [7, 11) is -2.15. The average Bonchev–Trinajstić information content (AvgIpc) is 2.47. The normalized spacial score (nSPS) is 22.1. The number of rotatable bonds is 8. The molecule has 8 nitrogen and oxygen atoms in total. The molecule has 10 heteroatoms. The van der Waals surface area contributed by atoms with Crippen molar-refractivity contribution in [2.45, 2.75) is 30.6 Å². The Labute approximate surface area is 130 Å². The van der Waals surface area contributed by atoms with Crippen LogP contribution < -0.4 is 27.2 Å². The van der Waals surface area contributed by atoms with Gasteiger partial charge in [0.05, 0.1) is 0 Å². The van der Waals surface area contributed by atoms with Gasteiger partial charge in [-0.05, 0) is 24.0 Å². The Kier molecular flexibility index (Phi) is 7.55. The minimum Gasteiger partial charge on any atom is -0.353 e. The molecular formula is C11H23N5O3PS+. The highest BCUT2D eigenvalue weighted by molar-refractivity contribution is 7.80. The van der Waals surface area contributed by atoms with Crippen LogP contribution >= 0.6 is 20.6 Å². The Morgan fingerprint density at radius 2 is 2.29 bits per heavy atom. The number of nitrogens with one attached hydrogen (secondary N) is 3. The van der Waals surface area contributed by atoms with Gasteiger partial charge in [-0.2, -0.15) is 12.6 Å². The summed E-state index contributed by atoms with van der Waals surface area (Å²) < 4.78 is 12.3. The van der Waals surface area contributed by atoms with Crippen molar-refractivity contribution in [3.63, 3.8) is 0 Å². The van der Waals surface area contributed by atoms with Gasteiger partial charge in [0.25, 0.3) is 17.5 Å². The predicted octanol–water partition coefficient (Wildman–Crippen LogP) is -1.35. The number of hydrogen-bond donors (Lipinski definition) is 6. The number of hydrogen-bond acceptors (Lipinski definition) is 6. The molecule has 1 saturated heterocycles. The molecule has 120 valence electrons. The Hall–Kier alpha value is -0.730. The molecule has 0 aromatic carbocycles. The maximum absolute atomic E-state index is 12.3. The van der Waals surface area contributed by atoms with Crippen LogP contribution in [0.5, 0.6) is 0 Å². The highest BCUT2D eigenvalue weighted by Crippen LogP contribution is 2.31. The van der Waals surface area contributed by atoms with Gasteiger partial charge in [0.2, 0.25) is 0 Å². The molecule has 2 unspecified atom stereocenters. The van der Waals surface area contributed by atoms with E-state index >= 15 is 0 Å². The summed E-state index contributed by atoms with van der Waals surface area (Å²) in [5.74, 6) is -0.831. The molecule has 1 aliphatic rings. The summed E-state index contributed by atoms with van der Waals surface area (Å²) in [6.45, 7) is 1.41. The summed E-state index contributed by atoms with van der Waals surface area (Å²) in [6.07, 6.45) is 1.87. The lowest BCUT2D eigenvalue weighted by molar-refractivity contribution is -0.126. The standard InChI is InChI=1S/C11H22N5O3PS/c12-4-2-6-15-10(18)11(13,7-21)16-20(19)8-3-1-5-14-9(8)17/h8H,1-7,12-13H2,(H3-,14,15,16,17,18,19,21)/p+1/t8-,11?/m0/s1. The summed E-state index contributed by atoms with van der Waals surface area (Å²) in [6, 6.07) is 0. The van der Waals surface area contributed by atoms with Gasteiger partial charge in [-0.3, -0.25) is 9.59 Å². The van der Waals surface area contributed by atoms with Crippen molar-refractivity contribution in [3.05, 3.63) is 0 Å². The summed E-state index contributed by atoms with van der Waals surface area (Å²) in [4.78, 5) is 23.7. The number of nitrogens with two attached hydrogens (primary N) is 2. The molecule has 2 amide bonds. The second-order valence-corrected chi connectivity index (χ2v) is 6.73. The van der Waals surface area contributed by atoms with E-state index in [1.54, 1.807) is 0 Å². The zero-order valence-electron chi connectivity index (χ0n) is 11.8. The first-order valence-corrected chi connectivity index (χ1v) is 8.80. The Bertz CT molecular complexity index is 411. The van der Waals surface area contributed by atoms with E-state index in [0.29, 0.717) is 32.5 Å². The lowest BCUT2D eigenvalue weighted by Crippen LogP contribution is -2.63. The van der Waals surface area contributed by atoms with Crippen molar-refractivity contribution in [2.75, 3.05) is 25.4 Å². The van der Waals surface area contributed by atoms with Crippen LogP contribution in [0, 0.1) is 0 Å². The van der Waals surface area contributed by atoms with E-state index in [0.717, 1.165) is 6.42 Å². The molecule has 0 saturated carbocycles. The number of carbonyl (C=O) groups is 2. The van der Waals surface area contributed by atoms with Crippen molar-refractivity contribution in [3.8, 4) is 0 Å². The van der Waals surface area contributed by atoms with Crippen LogP contribution in [0.2, 0.25) is 0 Å². The van der Waals surface area contributed by atoms with E-state index in [4.69, 9.17) is 11.5 Å². The van der Waals surface area contributed by atoms with Crippen LogP contribution in [0.1, 0.15) is 19.3 Å². The van der Waals surface area contributed by atoms with Crippen LogP contribution in [-0.2, 0) is 14.2 Å². The van der Waals surface area contributed by atoms with Gasteiger partial charge < -0.3 is 22.1 Å². The predicted molar refractivity (Wildman–Crippen MR) is 84.2 cm³/mol. The highest BCUT2D eigenvalue weighted by atomic mass is 32.1. The molecule has 0 spiro atoms. The van der Waals surface area contributed by atoms with Gasteiger partial charge in [-0.1, -0.05) is 5.09 Å². The first-order chi connectivity index (χ1) is 9.94. The molecular weight excluding hydrogens is 313 g/mol. The quantitative estimate of drug-likeness (QED) is 0.140. The average molecular weight is 336 g/mol. The first kappa shape index (κ1) is 18.3. The second kappa shape index (κ2) is 8.65. The van der Waals surface area contributed by atoms with Crippen LogP contribution in [-0.4, -0.2) is 48.5 Å². The highest BCUT2D eigenvalue weighted by Gasteiger charge is 2.47. The number of thiol groups is 1. The van der Waals surface area contributed by atoms with Crippen molar-refractivity contribution in [1.82, 2.24) is 15.7 Å². The number of carbonyl (C=O) groups excluding carboxylic acids is 2. The molecule has 1 aliphatic heterocycles.